The lowest BCUT2D eigenvalue weighted by Gasteiger charge is -2.18. The van der Waals surface area contributed by atoms with Gasteiger partial charge in [-0.2, -0.15) is 0 Å². The molecule has 4 heteroatoms. The van der Waals surface area contributed by atoms with Gasteiger partial charge < -0.3 is 9.84 Å². The molecule has 0 radical (unpaired) electrons. The van der Waals surface area contributed by atoms with Gasteiger partial charge in [-0.3, -0.25) is 9.59 Å². The van der Waals surface area contributed by atoms with Crippen LogP contribution < -0.4 is 0 Å². The van der Waals surface area contributed by atoms with Gasteiger partial charge in [0.15, 0.2) is 0 Å². The molecule has 48 heavy (non-hydrogen) atoms. The second-order valence-electron chi connectivity index (χ2n) is 13.8. The largest absolute Gasteiger partial charge is 0.481 e. The van der Waals surface area contributed by atoms with Crippen LogP contribution in [0.1, 0.15) is 213 Å². The number of aliphatic carboxylic acids is 1. The minimum Gasteiger partial charge on any atom is -0.481 e. The highest BCUT2D eigenvalue weighted by Gasteiger charge is 2.14. The maximum absolute atomic E-state index is 12.7. The van der Waals surface area contributed by atoms with E-state index in [4.69, 9.17) is 9.84 Å². The first kappa shape index (κ1) is 45.9. The number of carbonyl (C=O) groups is 2. The fourth-order valence-corrected chi connectivity index (χ4v) is 5.99. The molecule has 0 amide bonds. The summed E-state index contributed by atoms with van der Waals surface area (Å²) >= 11 is 0. The van der Waals surface area contributed by atoms with E-state index in [-0.39, 0.29) is 12.1 Å². The highest BCUT2D eigenvalue weighted by Crippen LogP contribution is 2.19. The molecule has 4 nitrogen and oxygen atoms in total. The summed E-state index contributed by atoms with van der Waals surface area (Å²) in [7, 11) is 0. The zero-order valence-electron chi connectivity index (χ0n) is 31.8. The smallest absolute Gasteiger partial charge is 0.306 e. The summed E-state index contributed by atoms with van der Waals surface area (Å²) in [6.07, 6.45) is 52.8. The summed E-state index contributed by atoms with van der Waals surface area (Å²) in [5.74, 6) is -0.687. The second kappa shape index (κ2) is 39.3. The normalized spacial score (nSPS) is 12.7. The predicted octanol–water partition coefficient (Wildman–Crippen LogP) is 14.3. The van der Waals surface area contributed by atoms with Gasteiger partial charge in [0.25, 0.3) is 0 Å². The van der Waals surface area contributed by atoms with Gasteiger partial charge in [0.2, 0.25) is 0 Å². The number of rotatable bonds is 37. The van der Waals surface area contributed by atoms with E-state index in [0.717, 1.165) is 83.5 Å². The molecule has 0 heterocycles. The third kappa shape index (κ3) is 38.3. The van der Waals surface area contributed by atoms with Crippen LogP contribution in [0.4, 0.5) is 0 Å². The van der Waals surface area contributed by atoms with Crippen molar-refractivity contribution in [2.75, 3.05) is 0 Å². The lowest BCUT2D eigenvalue weighted by atomic mass is 10.0. The van der Waals surface area contributed by atoms with Crippen LogP contribution in [0.25, 0.3) is 0 Å². The van der Waals surface area contributed by atoms with Crippen LogP contribution in [0.15, 0.2) is 48.6 Å². The standard InChI is InChI=1S/C44H78O4/c1-3-5-7-9-11-12-13-14-15-16-17-18-19-20-21-22-23-24-29-33-37-41-44(47)48-42(38-34-30-26-10-8-6-4-2)39-35-31-27-25-28-32-36-40-43(45)46/h11-12,14-15,17-18,20-21,42H,3-10,13,16,19,22-41H2,1-2H3,(H,45,46)/b12-11-,15-14-,18-17-,21-20-. The summed E-state index contributed by atoms with van der Waals surface area (Å²) in [4.78, 5) is 23.3. The van der Waals surface area contributed by atoms with Gasteiger partial charge in [-0.1, -0.05) is 165 Å². The maximum Gasteiger partial charge on any atom is 0.306 e. The van der Waals surface area contributed by atoms with E-state index in [1.54, 1.807) is 0 Å². The van der Waals surface area contributed by atoms with Gasteiger partial charge in [-0.15, -0.1) is 0 Å². The van der Waals surface area contributed by atoms with Crippen molar-refractivity contribution in [2.45, 2.75) is 219 Å². The van der Waals surface area contributed by atoms with Crippen LogP contribution in [0.5, 0.6) is 0 Å². The highest BCUT2D eigenvalue weighted by atomic mass is 16.5. The number of carboxylic acids is 1. The molecule has 0 aromatic heterocycles. The van der Waals surface area contributed by atoms with Gasteiger partial charge in [-0.05, 0) is 83.5 Å². The molecule has 0 aliphatic rings. The summed E-state index contributed by atoms with van der Waals surface area (Å²) in [6.45, 7) is 4.51. The lowest BCUT2D eigenvalue weighted by Crippen LogP contribution is -2.18. The first-order valence-corrected chi connectivity index (χ1v) is 20.6. The van der Waals surface area contributed by atoms with Gasteiger partial charge in [-0.25, -0.2) is 0 Å². The Morgan fingerprint density at radius 3 is 1.29 bits per heavy atom. The molecule has 0 saturated carbocycles. The predicted molar refractivity (Wildman–Crippen MR) is 209 cm³/mol. The molecule has 0 aliphatic carbocycles. The third-order valence-electron chi connectivity index (χ3n) is 9.05. The Morgan fingerprint density at radius 2 is 0.812 bits per heavy atom. The number of carboxylic acid groups (broad SMARTS) is 1. The molecule has 0 fully saturated rings. The van der Waals surface area contributed by atoms with Crippen molar-refractivity contribution in [1.82, 2.24) is 0 Å². The maximum atomic E-state index is 12.7. The SMILES string of the molecule is CCCCC/C=C\C/C=C\C/C=C\C/C=C\CCCCCCCC(=O)OC(CCCCCCCCC)CCCCCCCCCC(=O)O. The summed E-state index contributed by atoms with van der Waals surface area (Å²) in [5, 5.41) is 8.76. The number of carbonyl (C=O) groups excluding carboxylic acids is 1. The minimum atomic E-state index is -0.689. The molecule has 0 spiro atoms. The summed E-state index contributed by atoms with van der Waals surface area (Å²) < 4.78 is 6.01. The molecule has 0 aromatic carbocycles. The highest BCUT2D eigenvalue weighted by molar-refractivity contribution is 5.69. The number of hydrogen-bond acceptors (Lipinski definition) is 3. The molecule has 0 bridgehead atoms. The molecule has 0 aromatic rings. The van der Waals surface area contributed by atoms with E-state index in [1.807, 2.05) is 0 Å². The van der Waals surface area contributed by atoms with Crippen LogP contribution in [-0.4, -0.2) is 23.1 Å². The van der Waals surface area contributed by atoms with Crippen LogP contribution in [0, 0.1) is 0 Å². The van der Waals surface area contributed by atoms with Gasteiger partial charge in [0.1, 0.15) is 6.10 Å². The van der Waals surface area contributed by atoms with Gasteiger partial charge >= 0.3 is 11.9 Å². The average Bonchev–Trinajstić information content (AvgIpc) is 3.07. The quantitative estimate of drug-likeness (QED) is 0.0406. The van der Waals surface area contributed by atoms with E-state index < -0.39 is 5.97 Å². The Labute approximate surface area is 298 Å². The lowest BCUT2D eigenvalue weighted by molar-refractivity contribution is -0.150. The minimum absolute atomic E-state index is 0.00231. The van der Waals surface area contributed by atoms with Crippen LogP contribution in [0.3, 0.4) is 0 Å². The fraction of sp³-hybridized carbons (Fsp3) is 0.773. The molecular formula is C44H78O4. The molecular weight excluding hydrogens is 592 g/mol. The Bertz CT molecular complexity index is 809. The molecule has 0 rings (SSSR count). The van der Waals surface area contributed by atoms with E-state index in [0.29, 0.717) is 12.8 Å². The average molecular weight is 671 g/mol. The molecule has 1 atom stereocenters. The Kier molecular flexibility index (Phi) is 37.6. The van der Waals surface area contributed by atoms with Crippen molar-refractivity contribution < 1.29 is 19.4 Å². The third-order valence-corrected chi connectivity index (χ3v) is 9.05. The van der Waals surface area contributed by atoms with Gasteiger partial charge in [0.05, 0.1) is 0 Å². The van der Waals surface area contributed by atoms with Crippen molar-refractivity contribution in [3.8, 4) is 0 Å². The second-order valence-corrected chi connectivity index (χ2v) is 13.8. The van der Waals surface area contributed by atoms with E-state index >= 15 is 0 Å². The number of unbranched alkanes of at least 4 members (excludes halogenated alkanes) is 20. The topological polar surface area (TPSA) is 63.6 Å². The number of ether oxygens (including phenoxy) is 1. The van der Waals surface area contributed by atoms with Crippen molar-refractivity contribution in [1.29, 1.82) is 0 Å². The van der Waals surface area contributed by atoms with Crippen LogP contribution >= 0.6 is 0 Å². The Balaban J connectivity index is 3.97. The van der Waals surface area contributed by atoms with Crippen LogP contribution in [0.2, 0.25) is 0 Å². The Hall–Kier alpha value is -2.10. The van der Waals surface area contributed by atoms with Crippen molar-refractivity contribution in [3.63, 3.8) is 0 Å². The fourth-order valence-electron chi connectivity index (χ4n) is 5.99. The molecule has 0 aliphatic heterocycles. The van der Waals surface area contributed by atoms with E-state index in [2.05, 4.69) is 62.5 Å². The number of esters is 1. The summed E-state index contributed by atoms with van der Waals surface area (Å²) in [6, 6.07) is 0. The van der Waals surface area contributed by atoms with E-state index in [9.17, 15) is 9.59 Å². The first-order valence-electron chi connectivity index (χ1n) is 20.6. The van der Waals surface area contributed by atoms with Gasteiger partial charge in [0, 0.05) is 12.8 Å². The Morgan fingerprint density at radius 1 is 0.458 bits per heavy atom. The zero-order chi connectivity index (χ0) is 35.0. The van der Waals surface area contributed by atoms with Crippen molar-refractivity contribution >= 4 is 11.9 Å². The first-order chi connectivity index (χ1) is 23.6. The van der Waals surface area contributed by atoms with Crippen LogP contribution in [-0.2, 0) is 14.3 Å². The molecule has 0 saturated heterocycles. The zero-order valence-corrected chi connectivity index (χ0v) is 31.8. The van der Waals surface area contributed by atoms with E-state index in [1.165, 1.54) is 103 Å². The number of allylic oxidation sites excluding steroid dienone is 8. The molecule has 1 N–H and O–H groups in total. The monoisotopic (exact) mass is 671 g/mol. The number of hydrogen-bond donors (Lipinski definition) is 1. The molecule has 278 valence electrons. The van der Waals surface area contributed by atoms with Crippen molar-refractivity contribution in [3.05, 3.63) is 48.6 Å². The summed E-state index contributed by atoms with van der Waals surface area (Å²) in [5.41, 5.74) is 0. The molecule has 1 unspecified atom stereocenters. The van der Waals surface area contributed by atoms with Crippen molar-refractivity contribution in [2.24, 2.45) is 0 Å².